The number of rotatable bonds is 59. The molecule has 1 unspecified atom stereocenters. The maximum absolute atomic E-state index is 12.9. The van der Waals surface area contributed by atoms with Gasteiger partial charge < -0.3 is 14.2 Å². The Morgan fingerprint density at radius 3 is 0.827 bits per heavy atom. The predicted octanol–water partition coefficient (Wildman–Crippen LogP) is 23.1. The van der Waals surface area contributed by atoms with E-state index in [4.69, 9.17) is 14.2 Å². The van der Waals surface area contributed by atoms with Crippen molar-refractivity contribution < 1.29 is 28.6 Å². The van der Waals surface area contributed by atoms with Crippen LogP contribution in [0.15, 0.2) is 146 Å². The maximum atomic E-state index is 12.9. The molecule has 0 heterocycles. The van der Waals surface area contributed by atoms with Crippen LogP contribution in [0.3, 0.4) is 0 Å². The van der Waals surface area contributed by atoms with Crippen molar-refractivity contribution >= 4 is 17.9 Å². The third-order valence-corrected chi connectivity index (χ3v) is 13.8. The lowest BCUT2D eigenvalue weighted by Gasteiger charge is -2.18. The van der Waals surface area contributed by atoms with Gasteiger partial charge in [0.15, 0.2) is 6.10 Å². The maximum Gasteiger partial charge on any atom is 0.306 e. The van der Waals surface area contributed by atoms with Crippen molar-refractivity contribution in [1.29, 1.82) is 0 Å². The molecule has 0 N–H and O–H groups in total. The van der Waals surface area contributed by atoms with E-state index in [0.29, 0.717) is 19.3 Å². The lowest BCUT2D eigenvalue weighted by Crippen LogP contribution is -2.30. The van der Waals surface area contributed by atoms with Gasteiger partial charge in [0.2, 0.25) is 0 Å². The lowest BCUT2D eigenvalue weighted by atomic mass is 10.0. The highest BCUT2D eigenvalue weighted by atomic mass is 16.6. The van der Waals surface area contributed by atoms with Crippen LogP contribution in [-0.4, -0.2) is 37.2 Å². The van der Waals surface area contributed by atoms with Crippen molar-refractivity contribution in [2.75, 3.05) is 13.2 Å². The molecule has 0 amide bonds. The van der Waals surface area contributed by atoms with Crippen LogP contribution in [0.25, 0.3) is 0 Å². The third-order valence-electron chi connectivity index (χ3n) is 13.8. The zero-order chi connectivity index (χ0) is 58.5. The van der Waals surface area contributed by atoms with Gasteiger partial charge in [0, 0.05) is 19.3 Å². The van der Waals surface area contributed by atoms with E-state index >= 15 is 0 Å². The number of unbranched alkanes of at least 4 members (excludes halogenated alkanes) is 24. The monoisotopic (exact) mass is 1120 g/mol. The number of carbonyl (C=O) groups excluding carboxylic acids is 3. The average Bonchev–Trinajstić information content (AvgIpc) is 3.46. The summed E-state index contributed by atoms with van der Waals surface area (Å²) >= 11 is 0. The van der Waals surface area contributed by atoms with Gasteiger partial charge in [-0.25, -0.2) is 0 Å². The van der Waals surface area contributed by atoms with E-state index in [-0.39, 0.29) is 37.5 Å². The Bertz CT molecular complexity index is 1760. The van der Waals surface area contributed by atoms with Gasteiger partial charge >= 0.3 is 17.9 Å². The standard InChI is InChI=1S/C75H122O6/c1-4-7-10-13-16-19-22-25-27-29-31-33-35-37-39-41-43-45-47-50-53-56-59-62-65-68-74(77)80-71-72(70-79-73(76)67-64-61-58-55-52-49-24-21-18-15-12-9-6-3)81-75(78)69-66-63-60-57-54-51-48-46-44-42-40-38-36-34-32-30-28-26-23-20-17-14-11-8-5-2/h7,9-10,12,16,18-19,21,23,25-27,30-33,36-39,49,52,58,61,72H,4-6,8,11,13-15,17,20,22,24,28-29,34-35,40-48,50-51,53-57,59-60,62-71H2,1-3H3/b10-7-,12-9-,19-16-,21-18-,26-23-,27-25-,32-30-,33-31-,38-36-,39-37-,52-49-,61-58-. The topological polar surface area (TPSA) is 78.9 Å². The molecule has 81 heavy (non-hydrogen) atoms. The molecule has 0 saturated carbocycles. The van der Waals surface area contributed by atoms with Crippen LogP contribution >= 0.6 is 0 Å². The molecular formula is C75H122O6. The Balaban J connectivity index is 4.39. The third kappa shape index (κ3) is 66.0. The van der Waals surface area contributed by atoms with Crippen LogP contribution in [0.4, 0.5) is 0 Å². The van der Waals surface area contributed by atoms with Crippen LogP contribution in [0, 0.1) is 0 Å². The van der Waals surface area contributed by atoms with Crippen LogP contribution in [0.2, 0.25) is 0 Å². The van der Waals surface area contributed by atoms with Gasteiger partial charge in [-0.2, -0.15) is 0 Å². The number of ether oxygens (including phenoxy) is 3. The second-order valence-corrected chi connectivity index (χ2v) is 21.6. The SMILES string of the molecule is CC/C=C\C/C=C\C/C=C\C/C=C\C/C=C\CCCCCCCCCCCC(=O)OCC(COC(=O)CC/C=C\C/C=C\C/C=C\C/C=C\CC)OC(=O)CCCCCCCCCCCC/C=C\C/C=C\C/C=C\CCCCCCC. The highest BCUT2D eigenvalue weighted by Gasteiger charge is 2.19. The fourth-order valence-corrected chi connectivity index (χ4v) is 8.90. The van der Waals surface area contributed by atoms with Gasteiger partial charge in [-0.05, 0) is 128 Å². The first-order valence-electron chi connectivity index (χ1n) is 33.3. The molecule has 0 aliphatic carbocycles. The summed E-state index contributed by atoms with van der Waals surface area (Å²) in [6, 6.07) is 0. The summed E-state index contributed by atoms with van der Waals surface area (Å²) in [6.45, 7) is 6.34. The molecule has 458 valence electrons. The van der Waals surface area contributed by atoms with Crippen LogP contribution in [-0.2, 0) is 28.6 Å². The highest BCUT2D eigenvalue weighted by molar-refractivity contribution is 5.71. The van der Waals surface area contributed by atoms with E-state index in [2.05, 4.69) is 161 Å². The summed E-state index contributed by atoms with van der Waals surface area (Å²) in [7, 11) is 0. The lowest BCUT2D eigenvalue weighted by molar-refractivity contribution is -0.166. The molecule has 0 radical (unpaired) electrons. The molecular weight excluding hydrogens is 997 g/mol. The number of hydrogen-bond donors (Lipinski definition) is 0. The fraction of sp³-hybridized carbons (Fsp3) is 0.640. The van der Waals surface area contributed by atoms with Crippen LogP contribution < -0.4 is 0 Å². The summed E-state index contributed by atoms with van der Waals surface area (Å²) in [5.41, 5.74) is 0. The average molecular weight is 1120 g/mol. The van der Waals surface area contributed by atoms with E-state index < -0.39 is 6.10 Å². The van der Waals surface area contributed by atoms with Gasteiger partial charge in [-0.15, -0.1) is 0 Å². The molecule has 0 saturated heterocycles. The summed E-state index contributed by atoms with van der Waals surface area (Å²) in [5, 5.41) is 0. The van der Waals surface area contributed by atoms with E-state index in [1.807, 2.05) is 6.08 Å². The minimum Gasteiger partial charge on any atom is -0.462 e. The minimum absolute atomic E-state index is 0.109. The molecule has 1 atom stereocenters. The van der Waals surface area contributed by atoms with E-state index in [1.54, 1.807) is 0 Å². The number of carbonyl (C=O) groups is 3. The Labute approximate surface area is 499 Å². The zero-order valence-corrected chi connectivity index (χ0v) is 52.5. The molecule has 0 aromatic heterocycles. The van der Waals surface area contributed by atoms with Gasteiger partial charge in [-0.1, -0.05) is 289 Å². The van der Waals surface area contributed by atoms with Gasteiger partial charge in [0.05, 0.1) is 0 Å². The van der Waals surface area contributed by atoms with Crippen molar-refractivity contribution in [3.05, 3.63) is 146 Å². The first-order chi connectivity index (χ1) is 40.0. The first kappa shape index (κ1) is 76.3. The second-order valence-electron chi connectivity index (χ2n) is 21.6. The molecule has 0 spiro atoms. The smallest absolute Gasteiger partial charge is 0.306 e. The Morgan fingerprint density at radius 1 is 0.259 bits per heavy atom. The molecule has 0 bridgehead atoms. The van der Waals surface area contributed by atoms with Gasteiger partial charge in [0.1, 0.15) is 13.2 Å². The fourth-order valence-electron chi connectivity index (χ4n) is 8.90. The molecule has 0 aromatic carbocycles. The van der Waals surface area contributed by atoms with Crippen molar-refractivity contribution in [2.45, 2.75) is 297 Å². The minimum atomic E-state index is -0.819. The van der Waals surface area contributed by atoms with E-state index in [9.17, 15) is 14.4 Å². The summed E-state index contributed by atoms with van der Waals surface area (Å²) in [4.78, 5) is 38.3. The summed E-state index contributed by atoms with van der Waals surface area (Å²) < 4.78 is 16.9. The molecule has 0 aromatic rings. The van der Waals surface area contributed by atoms with Crippen molar-refractivity contribution in [3.63, 3.8) is 0 Å². The van der Waals surface area contributed by atoms with Crippen molar-refractivity contribution in [2.24, 2.45) is 0 Å². The van der Waals surface area contributed by atoms with Gasteiger partial charge in [0.25, 0.3) is 0 Å². The van der Waals surface area contributed by atoms with Crippen molar-refractivity contribution in [1.82, 2.24) is 0 Å². The van der Waals surface area contributed by atoms with Crippen LogP contribution in [0.5, 0.6) is 0 Å². The first-order valence-corrected chi connectivity index (χ1v) is 33.3. The highest BCUT2D eigenvalue weighted by Crippen LogP contribution is 2.15. The molecule has 0 aliphatic rings. The van der Waals surface area contributed by atoms with E-state index in [0.717, 1.165) is 116 Å². The summed E-state index contributed by atoms with van der Waals surface area (Å²) in [6.07, 6.45) is 97.3. The zero-order valence-electron chi connectivity index (χ0n) is 52.5. The second kappa shape index (κ2) is 67.8. The molecule has 6 heteroatoms. The van der Waals surface area contributed by atoms with Crippen LogP contribution in [0.1, 0.15) is 290 Å². The molecule has 0 aliphatic heterocycles. The number of hydrogen-bond acceptors (Lipinski definition) is 6. The Kier molecular flexibility index (Phi) is 63.9. The van der Waals surface area contributed by atoms with Gasteiger partial charge in [-0.3, -0.25) is 14.4 Å². The summed E-state index contributed by atoms with van der Waals surface area (Å²) in [5.74, 6) is -1.00. The Morgan fingerprint density at radius 2 is 0.506 bits per heavy atom. The largest absolute Gasteiger partial charge is 0.462 e. The normalized spacial score (nSPS) is 13.1. The van der Waals surface area contributed by atoms with E-state index in [1.165, 1.54) is 128 Å². The van der Waals surface area contributed by atoms with Crippen molar-refractivity contribution in [3.8, 4) is 0 Å². The predicted molar refractivity (Wildman–Crippen MR) is 352 cm³/mol. The number of allylic oxidation sites excluding steroid dienone is 24. The Hall–Kier alpha value is -4.71. The number of esters is 3. The molecule has 6 nitrogen and oxygen atoms in total. The molecule has 0 fully saturated rings. The quantitative estimate of drug-likeness (QED) is 0.0261. The molecule has 0 rings (SSSR count).